The van der Waals surface area contributed by atoms with Gasteiger partial charge in [-0.15, -0.1) is 0 Å². The van der Waals surface area contributed by atoms with E-state index in [-0.39, 0.29) is 38.0 Å². The molecule has 0 saturated heterocycles. The van der Waals surface area contributed by atoms with Crippen LogP contribution < -0.4 is 24.8 Å². The monoisotopic (exact) mass is 410 g/mol. The number of carboxylic acid groups (broad SMARTS) is 1. The number of halogens is 2. The van der Waals surface area contributed by atoms with Crippen LogP contribution in [-0.2, 0) is 14.3 Å². The van der Waals surface area contributed by atoms with E-state index < -0.39 is 24.1 Å². The van der Waals surface area contributed by atoms with E-state index in [9.17, 15) is 9.59 Å². The van der Waals surface area contributed by atoms with Gasteiger partial charge in [-0.2, -0.15) is 0 Å². The number of aliphatic hydroxyl groups is 3. The fraction of sp³-hybridized carbons (Fsp3) is 0.857. The molecule has 0 bridgehead atoms. The first-order valence-corrected chi connectivity index (χ1v) is 7.18. The van der Waals surface area contributed by atoms with E-state index in [4.69, 9.17) is 20.4 Å². The standard InChI is InChI=1S/C9H17NO6.C5H14NO.2ClH/c1-10(2,3)4-5-16-9(15)7(12)6(11)8(13)14;1-6(2,3)4-5-7;;/h6-7,11-12H,4-5H2,1-3H3;7H,4-5H2,1-3H3;2*1H/q;+1;;/p-1. The zero-order chi connectivity index (χ0) is 18.8. The highest BCUT2D eigenvalue weighted by atomic mass is 35.5. The van der Waals surface area contributed by atoms with Crippen LogP contribution in [-0.4, -0.2) is 122 Å². The molecule has 9 nitrogen and oxygen atoms in total. The molecule has 154 valence electrons. The van der Waals surface area contributed by atoms with Gasteiger partial charge >= 0.3 is 11.9 Å². The second kappa shape index (κ2) is 14.5. The summed E-state index contributed by atoms with van der Waals surface area (Å²) in [4.78, 5) is 21.3. The highest BCUT2D eigenvalue weighted by Crippen LogP contribution is 1.98. The zero-order valence-electron chi connectivity index (χ0n) is 15.6. The maximum absolute atomic E-state index is 11.1. The van der Waals surface area contributed by atoms with E-state index in [0.717, 1.165) is 11.0 Å². The number of aliphatic hydroxyl groups excluding tert-OH is 3. The molecule has 0 amide bonds. The van der Waals surface area contributed by atoms with E-state index in [0.29, 0.717) is 11.0 Å². The number of aliphatic carboxylic acids is 1. The Hall–Kier alpha value is -0.680. The Morgan fingerprint density at radius 3 is 1.52 bits per heavy atom. The zero-order valence-corrected chi connectivity index (χ0v) is 17.2. The van der Waals surface area contributed by atoms with Crippen molar-refractivity contribution in [3.8, 4) is 0 Å². The predicted octanol–water partition coefficient (Wildman–Crippen LogP) is -8.26. The number of hydrogen-bond donors (Lipinski definition) is 4. The minimum absolute atomic E-state index is 0. The van der Waals surface area contributed by atoms with E-state index >= 15 is 0 Å². The van der Waals surface area contributed by atoms with Crippen LogP contribution >= 0.6 is 0 Å². The number of carbonyl (C=O) groups is 2. The molecular formula is C14H32Cl2N2O7. The normalized spacial score (nSPS) is 13.2. The molecule has 2 unspecified atom stereocenters. The summed E-state index contributed by atoms with van der Waals surface area (Å²) in [5, 5.41) is 34.7. The molecule has 0 heterocycles. The molecular weight excluding hydrogens is 379 g/mol. The Bertz CT molecular complexity index is 371. The van der Waals surface area contributed by atoms with Gasteiger partial charge in [0.2, 0.25) is 0 Å². The molecule has 25 heavy (non-hydrogen) atoms. The van der Waals surface area contributed by atoms with Gasteiger partial charge in [-0.3, -0.25) is 0 Å². The van der Waals surface area contributed by atoms with Crippen molar-refractivity contribution < 1.29 is 68.5 Å². The average Bonchev–Trinajstić information content (AvgIpc) is 2.34. The Morgan fingerprint density at radius 1 is 0.880 bits per heavy atom. The van der Waals surface area contributed by atoms with Crippen molar-refractivity contribution in [1.29, 1.82) is 0 Å². The highest BCUT2D eigenvalue weighted by molar-refractivity contribution is 5.84. The largest absolute Gasteiger partial charge is 1.00 e. The van der Waals surface area contributed by atoms with Crippen LogP contribution in [0.3, 0.4) is 0 Å². The number of likely N-dealkylation sites (N-methyl/N-ethyl adjacent to an activating group) is 2. The van der Waals surface area contributed by atoms with Crippen LogP contribution in [0.5, 0.6) is 0 Å². The van der Waals surface area contributed by atoms with Crippen molar-refractivity contribution in [3.05, 3.63) is 0 Å². The van der Waals surface area contributed by atoms with Crippen LogP contribution in [0.15, 0.2) is 0 Å². The lowest BCUT2D eigenvalue weighted by molar-refractivity contribution is -0.870. The Kier molecular flexibility index (Phi) is 18.6. The maximum atomic E-state index is 11.1. The smallest absolute Gasteiger partial charge is 0.338 e. The lowest BCUT2D eigenvalue weighted by Gasteiger charge is -2.23. The minimum atomic E-state index is -2.16. The summed E-state index contributed by atoms with van der Waals surface area (Å²) in [5.41, 5.74) is 0. The first-order chi connectivity index (χ1) is 10.2. The van der Waals surface area contributed by atoms with Crippen molar-refractivity contribution in [2.24, 2.45) is 0 Å². The van der Waals surface area contributed by atoms with E-state index in [1.807, 2.05) is 21.1 Å². The molecule has 0 rings (SSSR count). The molecule has 0 aromatic heterocycles. The first kappa shape index (κ1) is 32.0. The average molecular weight is 411 g/mol. The molecule has 0 spiro atoms. The number of carboxylic acids is 1. The van der Waals surface area contributed by atoms with Gasteiger partial charge in [-0.05, 0) is 0 Å². The minimum Gasteiger partial charge on any atom is -1.00 e. The summed E-state index contributed by atoms with van der Waals surface area (Å²) in [6.45, 7) is 1.68. The van der Waals surface area contributed by atoms with Crippen molar-refractivity contribution >= 4 is 11.9 Å². The number of ether oxygens (including phenoxy) is 1. The van der Waals surface area contributed by atoms with Crippen LogP contribution in [0.4, 0.5) is 0 Å². The molecule has 0 radical (unpaired) electrons. The third kappa shape index (κ3) is 21.3. The molecule has 0 aromatic carbocycles. The fourth-order valence-electron chi connectivity index (χ4n) is 1.07. The third-order valence-corrected chi connectivity index (χ3v) is 2.57. The van der Waals surface area contributed by atoms with Gasteiger partial charge in [0.25, 0.3) is 0 Å². The van der Waals surface area contributed by atoms with Gasteiger partial charge < -0.3 is 58.9 Å². The maximum Gasteiger partial charge on any atom is 0.338 e. The SMILES string of the molecule is C[N+](C)(C)CCO.C[N+](C)(C)CCOC(=O)C(O)C(O)C(=O)O.[Cl-].[Cl-]. The van der Waals surface area contributed by atoms with Crippen molar-refractivity contribution in [1.82, 2.24) is 0 Å². The van der Waals surface area contributed by atoms with Gasteiger partial charge in [0.1, 0.15) is 19.7 Å². The Balaban J connectivity index is -0.000000210. The van der Waals surface area contributed by atoms with Gasteiger partial charge in [0.05, 0.1) is 48.9 Å². The number of nitrogens with zero attached hydrogens (tertiary/aromatic N) is 2. The Morgan fingerprint density at radius 2 is 1.28 bits per heavy atom. The van der Waals surface area contributed by atoms with Gasteiger partial charge in [-0.25, -0.2) is 9.59 Å². The molecule has 0 aliphatic heterocycles. The third-order valence-electron chi connectivity index (χ3n) is 2.57. The molecule has 4 N–H and O–H groups in total. The van der Waals surface area contributed by atoms with E-state index in [2.05, 4.69) is 25.9 Å². The fourth-order valence-corrected chi connectivity index (χ4v) is 1.07. The summed E-state index contributed by atoms with van der Waals surface area (Å²) in [7, 11) is 11.8. The summed E-state index contributed by atoms with van der Waals surface area (Å²) in [6, 6.07) is 0. The molecule has 0 aliphatic carbocycles. The summed E-state index contributed by atoms with van der Waals surface area (Å²) in [5.74, 6) is -2.81. The van der Waals surface area contributed by atoms with E-state index in [1.165, 1.54) is 0 Å². The number of rotatable bonds is 8. The first-order valence-electron chi connectivity index (χ1n) is 7.18. The summed E-state index contributed by atoms with van der Waals surface area (Å²) >= 11 is 0. The predicted molar refractivity (Wildman–Crippen MR) is 83.5 cm³/mol. The van der Waals surface area contributed by atoms with Crippen LogP contribution in [0, 0.1) is 0 Å². The lowest BCUT2D eigenvalue weighted by Crippen LogP contribution is -3.00. The quantitative estimate of drug-likeness (QED) is 0.231. The number of carbonyl (C=O) groups excluding carboxylic acids is 1. The van der Waals surface area contributed by atoms with Crippen LogP contribution in [0.2, 0.25) is 0 Å². The topological polar surface area (TPSA) is 124 Å². The molecule has 2 atom stereocenters. The number of quaternary nitrogens is 2. The summed E-state index contributed by atoms with van der Waals surface area (Å²) < 4.78 is 6.03. The van der Waals surface area contributed by atoms with Gasteiger partial charge in [-0.1, -0.05) is 0 Å². The van der Waals surface area contributed by atoms with Crippen molar-refractivity contribution in [3.63, 3.8) is 0 Å². The highest BCUT2D eigenvalue weighted by Gasteiger charge is 2.31. The van der Waals surface area contributed by atoms with E-state index in [1.54, 1.807) is 0 Å². The lowest BCUT2D eigenvalue weighted by atomic mass is 10.2. The second-order valence-corrected chi connectivity index (χ2v) is 7.15. The second-order valence-electron chi connectivity index (χ2n) is 7.15. The molecule has 0 saturated carbocycles. The van der Waals surface area contributed by atoms with Gasteiger partial charge in [0, 0.05) is 0 Å². The number of hydrogen-bond acceptors (Lipinski definition) is 6. The molecule has 0 aromatic rings. The molecule has 0 aliphatic rings. The van der Waals surface area contributed by atoms with Crippen molar-refractivity contribution in [2.75, 3.05) is 68.6 Å². The van der Waals surface area contributed by atoms with Crippen LogP contribution in [0.25, 0.3) is 0 Å². The number of esters is 1. The molecule has 11 heteroatoms. The van der Waals surface area contributed by atoms with Crippen LogP contribution in [0.1, 0.15) is 0 Å². The van der Waals surface area contributed by atoms with Crippen molar-refractivity contribution in [2.45, 2.75) is 12.2 Å². The van der Waals surface area contributed by atoms with Gasteiger partial charge in [0.15, 0.2) is 12.2 Å². The molecule has 0 fully saturated rings. The Labute approximate surface area is 161 Å². The summed E-state index contributed by atoms with van der Waals surface area (Å²) in [6.07, 6.45) is -4.21.